The second kappa shape index (κ2) is 4.79. The molecule has 1 rings (SSSR count). The molecule has 3 N–H and O–H groups in total. The van der Waals surface area contributed by atoms with Gasteiger partial charge in [0.1, 0.15) is 0 Å². The summed E-state index contributed by atoms with van der Waals surface area (Å²) in [6.45, 7) is 3.61. The molecule has 0 unspecified atom stereocenters. The van der Waals surface area contributed by atoms with Gasteiger partial charge in [-0.15, -0.1) is 0 Å². The monoisotopic (exact) mass is 230 g/mol. The summed E-state index contributed by atoms with van der Waals surface area (Å²) in [5.41, 5.74) is 5.16. The molecule has 0 atom stereocenters. The van der Waals surface area contributed by atoms with Crippen molar-refractivity contribution in [2.75, 3.05) is 0 Å². The van der Waals surface area contributed by atoms with E-state index in [9.17, 15) is 4.79 Å². The van der Waals surface area contributed by atoms with Crippen molar-refractivity contribution in [1.29, 1.82) is 0 Å². The number of nitrogens with two attached hydrogens (primary N) is 1. The fraction of sp³-hybridized carbons (Fsp3) is 0.800. The SMILES string of the molecule is CC(C)OC(=O)NC1(C(N)=S)CCCC1. The van der Waals surface area contributed by atoms with Gasteiger partial charge in [0.15, 0.2) is 0 Å². The molecule has 4 nitrogen and oxygen atoms in total. The van der Waals surface area contributed by atoms with Crippen molar-refractivity contribution in [2.24, 2.45) is 5.73 Å². The number of hydrogen-bond donors (Lipinski definition) is 2. The molecule has 86 valence electrons. The molecule has 0 aromatic carbocycles. The van der Waals surface area contributed by atoms with Crippen molar-refractivity contribution in [3.05, 3.63) is 0 Å². The first kappa shape index (κ1) is 12.2. The van der Waals surface area contributed by atoms with Crippen LogP contribution in [0.2, 0.25) is 0 Å². The van der Waals surface area contributed by atoms with E-state index in [1.165, 1.54) is 0 Å². The lowest BCUT2D eigenvalue weighted by Crippen LogP contribution is -2.55. The maximum Gasteiger partial charge on any atom is 0.408 e. The van der Waals surface area contributed by atoms with Gasteiger partial charge in [0.2, 0.25) is 0 Å². The van der Waals surface area contributed by atoms with E-state index in [0.717, 1.165) is 25.7 Å². The molecule has 0 radical (unpaired) electrons. The van der Waals surface area contributed by atoms with Crippen LogP contribution in [0.15, 0.2) is 0 Å². The standard InChI is InChI=1S/C10H18N2O2S/c1-7(2)14-9(13)12-10(8(11)15)5-3-4-6-10/h7H,3-6H2,1-2H3,(H2,11,15)(H,12,13). The summed E-state index contributed by atoms with van der Waals surface area (Å²) >= 11 is 5.01. The summed E-state index contributed by atoms with van der Waals surface area (Å²) in [5, 5.41) is 2.80. The Hall–Kier alpha value is -0.840. The second-order valence-corrected chi connectivity index (χ2v) is 4.67. The molecule has 1 aliphatic rings. The van der Waals surface area contributed by atoms with Crippen molar-refractivity contribution in [3.63, 3.8) is 0 Å². The van der Waals surface area contributed by atoms with Crippen LogP contribution >= 0.6 is 12.2 Å². The van der Waals surface area contributed by atoms with Crippen LogP contribution in [-0.4, -0.2) is 22.7 Å². The third kappa shape index (κ3) is 3.06. The number of carbonyl (C=O) groups is 1. The Labute approximate surface area is 95.5 Å². The van der Waals surface area contributed by atoms with E-state index in [1.54, 1.807) is 0 Å². The van der Waals surface area contributed by atoms with Crippen LogP contribution in [-0.2, 0) is 4.74 Å². The maximum absolute atomic E-state index is 11.5. The summed E-state index contributed by atoms with van der Waals surface area (Å²) < 4.78 is 5.02. The lowest BCUT2D eigenvalue weighted by Gasteiger charge is -2.28. The van der Waals surface area contributed by atoms with Gasteiger partial charge in [-0.1, -0.05) is 25.1 Å². The Morgan fingerprint density at radius 2 is 2.00 bits per heavy atom. The Morgan fingerprint density at radius 3 is 2.40 bits per heavy atom. The minimum atomic E-state index is -0.513. The summed E-state index contributed by atoms with van der Waals surface area (Å²) in [7, 11) is 0. The molecule has 15 heavy (non-hydrogen) atoms. The van der Waals surface area contributed by atoms with E-state index in [4.69, 9.17) is 22.7 Å². The van der Waals surface area contributed by atoms with Gasteiger partial charge in [-0.05, 0) is 26.7 Å². The van der Waals surface area contributed by atoms with Crippen LogP contribution < -0.4 is 11.1 Å². The van der Waals surface area contributed by atoms with Gasteiger partial charge >= 0.3 is 6.09 Å². The zero-order valence-electron chi connectivity index (χ0n) is 9.21. The molecule has 0 aliphatic heterocycles. The number of rotatable bonds is 3. The normalized spacial score (nSPS) is 18.9. The largest absolute Gasteiger partial charge is 0.447 e. The molecule has 1 amide bonds. The van der Waals surface area contributed by atoms with E-state index >= 15 is 0 Å². The highest BCUT2D eigenvalue weighted by Crippen LogP contribution is 2.30. The predicted octanol–water partition coefficient (Wildman–Crippen LogP) is 1.72. The van der Waals surface area contributed by atoms with Crippen molar-refractivity contribution < 1.29 is 9.53 Å². The Balaban J connectivity index is 2.59. The molecule has 0 spiro atoms. The first-order chi connectivity index (χ1) is 6.96. The number of alkyl carbamates (subject to hydrolysis) is 1. The first-order valence-corrected chi connectivity index (χ1v) is 5.66. The number of hydrogen-bond acceptors (Lipinski definition) is 3. The van der Waals surface area contributed by atoms with Crippen LogP contribution in [0.25, 0.3) is 0 Å². The van der Waals surface area contributed by atoms with Gasteiger partial charge in [-0.2, -0.15) is 0 Å². The van der Waals surface area contributed by atoms with Gasteiger partial charge < -0.3 is 15.8 Å². The van der Waals surface area contributed by atoms with Crippen molar-refractivity contribution >= 4 is 23.3 Å². The molecule has 0 aromatic rings. The van der Waals surface area contributed by atoms with Crippen LogP contribution in [0.5, 0.6) is 0 Å². The van der Waals surface area contributed by atoms with Gasteiger partial charge in [0.05, 0.1) is 16.6 Å². The lowest BCUT2D eigenvalue weighted by molar-refractivity contribution is 0.109. The average Bonchev–Trinajstić information content (AvgIpc) is 2.52. The van der Waals surface area contributed by atoms with Gasteiger partial charge in [-0.25, -0.2) is 4.79 Å². The number of amides is 1. The van der Waals surface area contributed by atoms with Gasteiger partial charge in [0, 0.05) is 0 Å². The molecular weight excluding hydrogens is 212 g/mol. The lowest BCUT2D eigenvalue weighted by atomic mass is 9.98. The van der Waals surface area contributed by atoms with E-state index < -0.39 is 11.6 Å². The number of nitrogens with one attached hydrogen (secondary N) is 1. The summed E-state index contributed by atoms with van der Waals surface area (Å²) in [6, 6.07) is 0. The van der Waals surface area contributed by atoms with Crippen molar-refractivity contribution in [1.82, 2.24) is 5.32 Å². The van der Waals surface area contributed by atoms with E-state index in [-0.39, 0.29) is 6.10 Å². The number of thiocarbonyl (C=S) groups is 1. The molecule has 0 bridgehead atoms. The summed E-state index contributed by atoms with van der Waals surface area (Å²) in [5.74, 6) is 0. The van der Waals surface area contributed by atoms with Crippen LogP contribution in [0, 0.1) is 0 Å². The smallest absolute Gasteiger partial charge is 0.408 e. The average molecular weight is 230 g/mol. The molecule has 0 heterocycles. The third-order valence-electron chi connectivity index (χ3n) is 2.61. The highest BCUT2D eigenvalue weighted by Gasteiger charge is 2.38. The van der Waals surface area contributed by atoms with Crippen molar-refractivity contribution in [3.8, 4) is 0 Å². The predicted molar refractivity (Wildman–Crippen MR) is 62.7 cm³/mol. The quantitative estimate of drug-likeness (QED) is 0.725. The highest BCUT2D eigenvalue weighted by atomic mass is 32.1. The zero-order chi connectivity index (χ0) is 11.5. The Morgan fingerprint density at radius 1 is 1.47 bits per heavy atom. The van der Waals surface area contributed by atoms with E-state index in [2.05, 4.69) is 5.32 Å². The van der Waals surface area contributed by atoms with E-state index in [1.807, 2.05) is 13.8 Å². The van der Waals surface area contributed by atoms with Crippen LogP contribution in [0.4, 0.5) is 4.79 Å². The summed E-state index contributed by atoms with van der Waals surface area (Å²) in [6.07, 6.45) is 3.15. The zero-order valence-corrected chi connectivity index (χ0v) is 10.0. The molecule has 5 heteroatoms. The van der Waals surface area contributed by atoms with Gasteiger partial charge in [0.25, 0.3) is 0 Å². The molecule has 1 aliphatic carbocycles. The maximum atomic E-state index is 11.5. The third-order valence-corrected chi connectivity index (χ3v) is 3.00. The van der Waals surface area contributed by atoms with E-state index in [0.29, 0.717) is 4.99 Å². The molecule has 1 fully saturated rings. The summed E-state index contributed by atoms with van der Waals surface area (Å²) in [4.78, 5) is 11.8. The van der Waals surface area contributed by atoms with Crippen molar-refractivity contribution in [2.45, 2.75) is 51.2 Å². The molecule has 0 saturated heterocycles. The first-order valence-electron chi connectivity index (χ1n) is 5.25. The minimum Gasteiger partial charge on any atom is -0.447 e. The fourth-order valence-electron chi connectivity index (χ4n) is 1.85. The minimum absolute atomic E-state index is 0.130. The second-order valence-electron chi connectivity index (χ2n) is 4.23. The number of carbonyl (C=O) groups excluding carboxylic acids is 1. The fourth-order valence-corrected chi connectivity index (χ4v) is 2.11. The number of ether oxygens (including phenoxy) is 1. The van der Waals surface area contributed by atoms with Crippen LogP contribution in [0.3, 0.4) is 0 Å². The molecular formula is C10H18N2O2S. The topological polar surface area (TPSA) is 64.3 Å². The Bertz CT molecular complexity index is 260. The van der Waals surface area contributed by atoms with Crippen LogP contribution in [0.1, 0.15) is 39.5 Å². The highest BCUT2D eigenvalue weighted by molar-refractivity contribution is 7.80. The molecule has 0 aromatic heterocycles. The Kier molecular flexibility index (Phi) is 3.90. The molecule has 1 saturated carbocycles. The van der Waals surface area contributed by atoms with Gasteiger partial charge in [-0.3, -0.25) is 0 Å².